The Balaban J connectivity index is 1.27. The van der Waals surface area contributed by atoms with Crippen molar-refractivity contribution in [2.75, 3.05) is 0 Å². The molecule has 0 aliphatic heterocycles. The maximum absolute atomic E-state index is 6.93. The fourth-order valence-corrected chi connectivity index (χ4v) is 10.2. The topological polar surface area (TPSA) is 57.0 Å². The van der Waals surface area contributed by atoms with Gasteiger partial charge in [0.15, 0.2) is 11.2 Å². The predicted molar refractivity (Wildman–Crippen MR) is 224 cm³/mol. The summed E-state index contributed by atoms with van der Waals surface area (Å²) in [5.74, 6) is 0.564. The van der Waals surface area contributed by atoms with Gasteiger partial charge >= 0.3 is 0 Å². The van der Waals surface area contributed by atoms with E-state index in [4.69, 9.17) is 18.8 Å². The number of fused-ring (bicyclic) bond motifs is 18. The molecule has 0 radical (unpaired) electrons. The van der Waals surface area contributed by atoms with Gasteiger partial charge in [-0.2, -0.15) is 0 Å². The van der Waals surface area contributed by atoms with Crippen molar-refractivity contribution < 1.29 is 8.83 Å². The second-order valence-corrected chi connectivity index (χ2v) is 15.1. The molecule has 8 aromatic carbocycles. The molecule has 0 atom stereocenters. The number of nitrogens with zero attached hydrogens (tertiary/aromatic N) is 3. The van der Waals surface area contributed by atoms with Gasteiger partial charge in [0.05, 0.1) is 5.52 Å². The highest BCUT2D eigenvalue weighted by molar-refractivity contribution is 7.26. The van der Waals surface area contributed by atoms with Gasteiger partial charge in [0.2, 0.25) is 5.95 Å². The molecule has 0 fully saturated rings. The zero-order valence-corrected chi connectivity index (χ0v) is 29.3. The van der Waals surface area contributed by atoms with Crippen LogP contribution in [0.15, 0.2) is 160 Å². The van der Waals surface area contributed by atoms with Gasteiger partial charge in [-0.3, -0.25) is 4.57 Å². The fraction of sp³-hybridized carbons (Fsp3) is 0. The fourth-order valence-electron chi connectivity index (χ4n) is 8.94. The van der Waals surface area contributed by atoms with Crippen LogP contribution in [0.5, 0.6) is 0 Å². The normalized spacial score (nSPS) is 12.4. The SMILES string of the molecule is c1ccc2c(c1)ccc1c2c2c3ccccc3c3c4ccccc4oc3c2n1-c1nc(-c2cccc3c2sc2ccccc23)c2oc3ccccc3c2n1. The summed E-state index contributed by atoms with van der Waals surface area (Å²) >= 11 is 1.79. The Kier molecular flexibility index (Phi) is 5.45. The first-order valence-corrected chi connectivity index (χ1v) is 18.9. The number of benzene rings is 8. The minimum absolute atomic E-state index is 0.564. The summed E-state index contributed by atoms with van der Waals surface area (Å²) in [4.78, 5) is 11.0. The molecule has 0 aliphatic rings. The maximum atomic E-state index is 6.93. The largest absolute Gasteiger partial charge is 0.454 e. The minimum atomic E-state index is 0.564. The molecule has 5 aromatic heterocycles. The van der Waals surface area contributed by atoms with Crippen molar-refractivity contribution in [3.8, 4) is 17.2 Å². The first-order chi connectivity index (χ1) is 26.8. The molecule has 0 saturated heterocycles. The van der Waals surface area contributed by atoms with Gasteiger partial charge in [0.1, 0.15) is 27.9 Å². The van der Waals surface area contributed by atoms with Crippen molar-refractivity contribution in [3.05, 3.63) is 152 Å². The molecule has 5 heterocycles. The lowest BCUT2D eigenvalue weighted by molar-refractivity contribution is 0.666. The number of thiophene rings is 1. The molecular formula is C48H25N3O2S. The van der Waals surface area contributed by atoms with E-state index < -0.39 is 0 Å². The van der Waals surface area contributed by atoms with Crippen LogP contribution in [0.3, 0.4) is 0 Å². The molecule has 0 aliphatic carbocycles. The number of aromatic nitrogens is 3. The van der Waals surface area contributed by atoms with E-state index in [1.54, 1.807) is 11.3 Å². The molecular weight excluding hydrogens is 683 g/mol. The first kappa shape index (κ1) is 28.6. The summed E-state index contributed by atoms with van der Waals surface area (Å²) in [6.07, 6.45) is 0. The Hall–Kier alpha value is -7.02. The Labute approximate surface area is 309 Å². The van der Waals surface area contributed by atoms with E-state index >= 15 is 0 Å². The van der Waals surface area contributed by atoms with Crippen LogP contribution in [0.1, 0.15) is 0 Å². The van der Waals surface area contributed by atoms with Crippen molar-refractivity contribution >= 4 is 119 Å². The number of para-hydroxylation sites is 2. The third-order valence-electron chi connectivity index (χ3n) is 11.2. The summed E-state index contributed by atoms with van der Waals surface area (Å²) in [6.45, 7) is 0. The molecule has 0 unspecified atom stereocenters. The molecule has 0 amide bonds. The van der Waals surface area contributed by atoms with Crippen LogP contribution in [0.4, 0.5) is 0 Å². The summed E-state index contributed by atoms with van der Waals surface area (Å²) < 4.78 is 18.3. The molecule has 13 rings (SSSR count). The van der Waals surface area contributed by atoms with Gasteiger partial charge in [-0.25, -0.2) is 9.97 Å². The van der Waals surface area contributed by atoms with Crippen molar-refractivity contribution in [2.45, 2.75) is 0 Å². The van der Waals surface area contributed by atoms with Crippen LogP contribution in [0.2, 0.25) is 0 Å². The summed E-state index contributed by atoms with van der Waals surface area (Å²) in [6, 6.07) is 53.4. The van der Waals surface area contributed by atoms with Crippen LogP contribution >= 0.6 is 11.3 Å². The van der Waals surface area contributed by atoms with Crippen molar-refractivity contribution in [3.63, 3.8) is 0 Å². The molecule has 250 valence electrons. The van der Waals surface area contributed by atoms with E-state index in [1.165, 1.54) is 30.9 Å². The lowest BCUT2D eigenvalue weighted by atomic mass is 9.97. The molecule has 0 spiro atoms. The number of furan rings is 2. The van der Waals surface area contributed by atoms with E-state index in [0.717, 1.165) is 82.3 Å². The lowest BCUT2D eigenvalue weighted by Gasteiger charge is -2.11. The number of hydrogen-bond acceptors (Lipinski definition) is 5. The Morgan fingerprint density at radius 3 is 1.96 bits per heavy atom. The van der Waals surface area contributed by atoms with E-state index in [-0.39, 0.29) is 0 Å². The summed E-state index contributed by atoms with van der Waals surface area (Å²) in [7, 11) is 0. The van der Waals surface area contributed by atoms with Gasteiger partial charge in [-0.15, -0.1) is 11.3 Å². The molecule has 6 heteroatoms. The van der Waals surface area contributed by atoms with Gasteiger partial charge in [-0.05, 0) is 51.9 Å². The number of rotatable bonds is 2. The van der Waals surface area contributed by atoms with Gasteiger partial charge in [0, 0.05) is 52.7 Å². The number of hydrogen-bond donors (Lipinski definition) is 0. The molecule has 0 bridgehead atoms. The van der Waals surface area contributed by atoms with Gasteiger partial charge in [-0.1, -0.05) is 121 Å². The molecule has 0 saturated carbocycles. The van der Waals surface area contributed by atoms with Crippen LogP contribution in [0, 0.1) is 0 Å². The lowest BCUT2D eigenvalue weighted by Crippen LogP contribution is -2.03. The first-order valence-electron chi connectivity index (χ1n) is 18.1. The summed E-state index contributed by atoms with van der Waals surface area (Å²) in [5.41, 5.74) is 7.65. The van der Waals surface area contributed by atoms with E-state index in [1.807, 2.05) is 24.3 Å². The van der Waals surface area contributed by atoms with Crippen molar-refractivity contribution in [1.29, 1.82) is 0 Å². The Morgan fingerprint density at radius 2 is 1.11 bits per heavy atom. The van der Waals surface area contributed by atoms with Gasteiger partial charge < -0.3 is 8.83 Å². The maximum Gasteiger partial charge on any atom is 0.236 e. The highest BCUT2D eigenvalue weighted by Gasteiger charge is 2.27. The van der Waals surface area contributed by atoms with E-state index in [9.17, 15) is 0 Å². The second-order valence-electron chi connectivity index (χ2n) is 14.0. The predicted octanol–water partition coefficient (Wildman–Crippen LogP) is 13.7. The smallest absolute Gasteiger partial charge is 0.236 e. The van der Waals surface area contributed by atoms with Gasteiger partial charge in [0.25, 0.3) is 0 Å². The molecule has 54 heavy (non-hydrogen) atoms. The highest BCUT2D eigenvalue weighted by atomic mass is 32.1. The average Bonchev–Trinajstić information content (AvgIpc) is 3.99. The van der Waals surface area contributed by atoms with Crippen LogP contribution in [-0.4, -0.2) is 14.5 Å². The average molecular weight is 708 g/mol. The monoisotopic (exact) mass is 707 g/mol. The highest BCUT2D eigenvalue weighted by Crippen LogP contribution is 2.48. The van der Waals surface area contributed by atoms with E-state index in [0.29, 0.717) is 11.5 Å². The second kappa shape index (κ2) is 10.3. The third kappa shape index (κ3) is 3.62. The zero-order valence-electron chi connectivity index (χ0n) is 28.5. The van der Waals surface area contributed by atoms with Crippen LogP contribution < -0.4 is 0 Å². The van der Waals surface area contributed by atoms with Crippen LogP contribution in [-0.2, 0) is 0 Å². The van der Waals surface area contributed by atoms with Crippen molar-refractivity contribution in [2.24, 2.45) is 0 Å². The quantitative estimate of drug-likeness (QED) is 0.179. The standard InChI is InChI=1S/C48H25N3O2S/c1-2-13-27-26(12-1)24-25-35-40(27)41-30-16-4-3-15-29(30)39-32-17-5-8-21-36(32)52-45(39)44(41)51(35)48-49-42-33-18-6-9-22-37(33)53-46(42)43(50-48)34-20-11-19-31-28-14-7-10-23-38(28)54-47(31)34/h1-25H. The van der Waals surface area contributed by atoms with Crippen LogP contribution in [0.25, 0.3) is 125 Å². The van der Waals surface area contributed by atoms with E-state index in [2.05, 4.69) is 132 Å². The van der Waals surface area contributed by atoms with Crippen molar-refractivity contribution in [1.82, 2.24) is 14.5 Å². The molecule has 0 N–H and O–H groups in total. The Morgan fingerprint density at radius 1 is 0.463 bits per heavy atom. The zero-order chi connectivity index (χ0) is 35.1. The molecule has 5 nitrogen and oxygen atoms in total. The third-order valence-corrected chi connectivity index (χ3v) is 12.4. The minimum Gasteiger partial charge on any atom is -0.454 e. The summed E-state index contributed by atoms with van der Waals surface area (Å²) in [5, 5.41) is 12.5. The Bertz CT molecular complexity index is 3750. The molecule has 13 aromatic rings.